The van der Waals surface area contributed by atoms with Crippen molar-refractivity contribution in [2.24, 2.45) is 0 Å². The van der Waals surface area contributed by atoms with Gasteiger partial charge in [0.15, 0.2) is 18.5 Å². The largest absolute Gasteiger partial charge is 0.463 e. The number of carbonyl (C=O) groups excluding carboxylic acids is 3. The Bertz CT molecular complexity index is 420. The zero-order valence-corrected chi connectivity index (χ0v) is 12.8. The molecule has 9 heteroatoms. The van der Waals surface area contributed by atoms with Crippen molar-refractivity contribution in [1.82, 2.24) is 0 Å². The quantitative estimate of drug-likeness (QED) is 0.510. The number of aliphatic hydroxyl groups is 1. The van der Waals surface area contributed by atoms with Crippen molar-refractivity contribution in [3.8, 4) is 0 Å². The van der Waals surface area contributed by atoms with Crippen molar-refractivity contribution in [3.05, 3.63) is 0 Å². The predicted molar refractivity (Wildman–Crippen MR) is 69.4 cm³/mol. The molecular weight excluding hydrogens is 300 g/mol. The summed E-state index contributed by atoms with van der Waals surface area (Å²) < 4.78 is 25.3. The third-order valence-corrected chi connectivity index (χ3v) is 2.90. The topological polar surface area (TPSA) is 118 Å². The van der Waals surface area contributed by atoms with E-state index in [0.29, 0.717) is 0 Å². The standard InChI is InChI=1S/C13H20O9/c1-6(14)19-5-9-11(20-7(2)15)10(17)12(21-8(3)16)13(18-4)22-9/h9-13,17H,5H2,1-4H3/t9-,10+,11+,12-,13-/m1/s1. The average Bonchev–Trinajstić information content (AvgIpc) is 2.41. The fourth-order valence-electron chi connectivity index (χ4n) is 2.07. The van der Waals surface area contributed by atoms with Crippen molar-refractivity contribution < 1.29 is 43.2 Å². The van der Waals surface area contributed by atoms with Crippen molar-refractivity contribution >= 4 is 17.9 Å². The first kappa shape index (κ1) is 18.3. The molecule has 0 saturated carbocycles. The van der Waals surface area contributed by atoms with Crippen LogP contribution in [-0.2, 0) is 38.1 Å². The van der Waals surface area contributed by atoms with Gasteiger partial charge in [-0.2, -0.15) is 0 Å². The third kappa shape index (κ3) is 4.93. The van der Waals surface area contributed by atoms with Crippen LogP contribution in [0.5, 0.6) is 0 Å². The lowest BCUT2D eigenvalue weighted by Gasteiger charge is -2.42. The second kappa shape index (κ2) is 8.06. The van der Waals surface area contributed by atoms with Gasteiger partial charge >= 0.3 is 17.9 Å². The van der Waals surface area contributed by atoms with Gasteiger partial charge < -0.3 is 28.8 Å². The maximum atomic E-state index is 11.2. The van der Waals surface area contributed by atoms with E-state index in [9.17, 15) is 19.5 Å². The molecule has 9 nitrogen and oxygen atoms in total. The molecule has 1 aliphatic heterocycles. The van der Waals surface area contributed by atoms with Gasteiger partial charge in [0.05, 0.1) is 0 Å². The number of esters is 3. The molecule has 0 amide bonds. The fraction of sp³-hybridized carbons (Fsp3) is 0.769. The van der Waals surface area contributed by atoms with Gasteiger partial charge in [-0.25, -0.2) is 0 Å². The van der Waals surface area contributed by atoms with Gasteiger partial charge in [-0.05, 0) is 0 Å². The third-order valence-electron chi connectivity index (χ3n) is 2.90. The summed E-state index contributed by atoms with van der Waals surface area (Å²) in [6.07, 6.45) is -5.80. The highest BCUT2D eigenvalue weighted by molar-refractivity contribution is 5.67. The van der Waals surface area contributed by atoms with Crippen LogP contribution >= 0.6 is 0 Å². The van der Waals surface area contributed by atoms with Gasteiger partial charge in [-0.1, -0.05) is 0 Å². The molecule has 1 heterocycles. The number of rotatable bonds is 5. The van der Waals surface area contributed by atoms with Crippen molar-refractivity contribution in [2.75, 3.05) is 13.7 Å². The highest BCUT2D eigenvalue weighted by Crippen LogP contribution is 2.27. The summed E-state index contributed by atoms with van der Waals surface area (Å²) in [5, 5.41) is 10.3. The van der Waals surface area contributed by atoms with Crippen molar-refractivity contribution in [1.29, 1.82) is 0 Å². The van der Waals surface area contributed by atoms with Crippen molar-refractivity contribution in [2.45, 2.75) is 51.5 Å². The van der Waals surface area contributed by atoms with Gasteiger partial charge in [0.25, 0.3) is 0 Å². The number of methoxy groups -OCH3 is 1. The minimum Gasteiger partial charge on any atom is -0.463 e. The molecule has 1 rings (SSSR count). The van der Waals surface area contributed by atoms with Crippen LogP contribution in [-0.4, -0.2) is 67.4 Å². The lowest BCUT2D eigenvalue weighted by molar-refractivity contribution is -0.300. The second-order valence-corrected chi connectivity index (χ2v) is 4.72. The molecule has 126 valence electrons. The maximum Gasteiger partial charge on any atom is 0.303 e. The first-order valence-corrected chi connectivity index (χ1v) is 6.60. The van der Waals surface area contributed by atoms with Crippen LogP contribution in [0.25, 0.3) is 0 Å². The normalized spacial score (nSPS) is 31.2. The van der Waals surface area contributed by atoms with Crippen LogP contribution in [0.2, 0.25) is 0 Å². The minimum absolute atomic E-state index is 0.253. The van der Waals surface area contributed by atoms with E-state index in [1.165, 1.54) is 14.0 Å². The van der Waals surface area contributed by atoms with Gasteiger partial charge in [-0.3, -0.25) is 14.4 Å². The van der Waals surface area contributed by atoms with E-state index in [0.717, 1.165) is 13.8 Å². The van der Waals surface area contributed by atoms with Gasteiger partial charge in [0.1, 0.15) is 18.8 Å². The van der Waals surface area contributed by atoms with Crippen LogP contribution in [0.4, 0.5) is 0 Å². The molecule has 22 heavy (non-hydrogen) atoms. The summed E-state index contributed by atoms with van der Waals surface area (Å²) in [5.41, 5.74) is 0. The Hall–Kier alpha value is -1.71. The fourth-order valence-corrected chi connectivity index (χ4v) is 2.07. The highest BCUT2D eigenvalue weighted by atomic mass is 16.7. The molecule has 0 unspecified atom stereocenters. The molecule has 0 radical (unpaired) electrons. The van der Waals surface area contributed by atoms with E-state index in [4.69, 9.17) is 23.7 Å². The molecule has 1 N–H and O–H groups in total. The first-order valence-electron chi connectivity index (χ1n) is 6.60. The number of hydrogen-bond donors (Lipinski definition) is 1. The van der Waals surface area contributed by atoms with Crippen LogP contribution in [0.3, 0.4) is 0 Å². The zero-order chi connectivity index (χ0) is 16.9. The predicted octanol–water partition coefficient (Wildman–Crippen LogP) is -0.855. The summed E-state index contributed by atoms with van der Waals surface area (Å²) >= 11 is 0. The van der Waals surface area contributed by atoms with E-state index in [1.807, 2.05) is 0 Å². The monoisotopic (exact) mass is 320 g/mol. The lowest BCUT2D eigenvalue weighted by Crippen LogP contribution is -2.61. The molecule has 0 aromatic carbocycles. The Morgan fingerprint density at radius 1 is 1.00 bits per heavy atom. The molecule has 1 saturated heterocycles. The SMILES string of the molecule is CO[C@@H]1O[C@H](COC(C)=O)[C@H](OC(C)=O)[C@H](O)[C@H]1OC(C)=O. The second-order valence-electron chi connectivity index (χ2n) is 4.72. The van der Waals surface area contributed by atoms with Gasteiger partial charge in [0, 0.05) is 27.9 Å². The van der Waals surface area contributed by atoms with Crippen LogP contribution in [0.15, 0.2) is 0 Å². The zero-order valence-electron chi connectivity index (χ0n) is 12.8. The number of ether oxygens (including phenoxy) is 5. The van der Waals surface area contributed by atoms with E-state index < -0.39 is 48.6 Å². The van der Waals surface area contributed by atoms with E-state index >= 15 is 0 Å². The molecular formula is C13H20O9. The summed E-state index contributed by atoms with van der Waals surface area (Å²) in [7, 11) is 1.29. The van der Waals surface area contributed by atoms with Crippen LogP contribution in [0.1, 0.15) is 20.8 Å². The number of aliphatic hydroxyl groups excluding tert-OH is 1. The van der Waals surface area contributed by atoms with E-state index in [-0.39, 0.29) is 6.61 Å². The summed E-state index contributed by atoms with van der Waals surface area (Å²) in [6, 6.07) is 0. The summed E-state index contributed by atoms with van der Waals surface area (Å²) in [5.74, 6) is -1.89. The van der Waals surface area contributed by atoms with Crippen LogP contribution < -0.4 is 0 Å². The van der Waals surface area contributed by atoms with Gasteiger partial charge in [0.2, 0.25) is 0 Å². The van der Waals surface area contributed by atoms with E-state index in [2.05, 4.69) is 0 Å². The van der Waals surface area contributed by atoms with Crippen molar-refractivity contribution in [3.63, 3.8) is 0 Å². The number of carbonyl (C=O) groups is 3. The molecule has 0 aliphatic carbocycles. The van der Waals surface area contributed by atoms with Gasteiger partial charge in [-0.15, -0.1) is 0 Å². The molecule has 0 aromatic heterocycles. The molecule has 1 fully saturated rings. The Kier molecular flexibility index (Phi) is 6.72. The Labute approximate surface area is 127 Å². The highest BCUT2D eigenvalue weighted by Gasteiger charge is 2.49. The average molecular weight is 320 g/mol. The molecule has 1 aliphatic rings. The summed E-state index contributed by atoms with van der Waals surface area (Å²) in [4.78, 5) is 33.2. The summed E-state index contributed by atoms with van der Waals surface area (Å²) in [6.45, 7) is 3.26. The Balaban J connectivity index is 2.94. The molecule has 0 aromatic rings. The maximum absolute atomic E-state index is 11.2. The smallest absolute Gasteiger partial charge is 0.303 e. The molecule has 5 atom stereocenters. The first-order chi connectivity index (χ1) is 10.3. The minimum atomic E-state index is -1.40. The Morgan fingerprint density at radius 3 is 2.00 bits per heavy atom. The number of hydrogen-bond acceptors (Lipinski definition) is 9. The lowest BCUT2D eigenvalue weighted by atomic mass is 9.98. The Morgan fingerprint density at radius 2 is 1.55 bits per heavy atom. The molecule has 0 bridgehead atoms. The molecule has 0 spiro atoms. The van der Waals surface area contributed by atoms with E-state index in [1.54, 1.807) is 0 Å². The van der Waals surface area contributed by atoms with Crippen LogP contribution in [0, 0.1) is 0 Å².